The summed E-state index contributed by atoms with van der Waals surface area (Å²) in [5.41, 5.74) is 35.2. The minimum absolute atomic E-state index is 0.0935. The van der Waals surface area contributed by atoms with E-state index in [1.54, 1.807) is 0 Å². The van der Waals surface area contributed by atoms with Gasteiger partial charge in [-0.15, -0.1) is 0 Å². The third-order valence-electron chi connectivity index (χ3n) is 26.0. The molecule has 5 heterocycles. The van der Waals surface area contributed by atoms with Crippen LogP contribution in [0, 0.1) is 128 Å². The molecular weight excluding hydrogens is 1430 g/mol. The molecule has 0 spiro atoms. The zero-order valence-electron chi connectivity index (χ0n) is 70.8. The van der Waals surface area contributed by atoms with E-state index < -0.39 is 0 Å². The number of hydrogen-bond acceptors (Lipinski definition) is 6. The lowest BCUT2D eigenvalue weighted by Gasteiger charge is -2.19. The number of aromatic nitrogens is 4. The van der Waals surface area contributed by atoms with Crippen molar-refractivity contribution in [2.24, 2.45) is 45.3 Å². The smallest absolute Gasteiger partial charge is 0.228 e. The Balaban J connectivity index is 1.05. The molecule has 4 unspecified atom stereocenters. The fourth-order valence-electron chi connectivity index (χ4n) is 19.6. The van der Waals surface area contributed by atoms with Gasteiger partial charge in [0.15, 0.2) is 0 Å². The third kappa shape index (κ3) is 14.1. The number of nitrogens with zero attached hydrogens (tertiary/aromatic N) is 2. The molecule has 17 rings (SSSR count). The van der Waals surface area contributed by atoms with Crippen LogP contribution in [0.15, 0.2) is 146 Å². The summed E-state index contributed by atoms with van der Waals surface area (Å²) in [6.07, 6.45) is 11.3. The molecule has 4 amide bonds. The fraction of sp³-hybridized carbons (Fsp3) is 0.308. The normalized spacial score (nSPS) is 18.0. The predicted molar refractivity (Wildman–Crippen MR) is 481 cm³/mol. The van der Waals surface area contributed by atoms with Crippen molar-refractivity contribution in [3.05, 3.63) is 235 Å². The Bertz CT molecular complexity index is 5640. The largest absolute Gasteiger partial charge is 0.354 e. The number of rotatable bonds is 16. The van der Waals surface area contributed by atoms with Crippen LogP contribution in [-0.4, -0.2) is 43.6 Å². The van der Waals surface area contributed by atoms with Crippen LogP contribution in [0.5, 0.6) is 0 Å². The Morgan fingerprint density at radius 1 is 0.276 bits per heavy atom. The second-order valence-corrected chi connectivity index (χ2v) is 37.6. The lowest BCUT2D eigenvalue weighted by molar-refractivity contribution is -0.118. The van der Waals surface area contributed by atoms with Crippen molar-refractivity contribution < 1.29 is 19.2 Å². The quantitative estimate of drug-likeness (QED) is 0.0562. The van der Waals surface area contributed by atoms with Crippen molar-refractivity contribution in [2.75, 3.05) is 21.3 Å². The van der Waals surface area contributed by atoms with Crippen molar-refractivity contribution in [3.8, 4) is 89.0 Å². The molecule has 11 aromatic rings. The molecule has 6 N–H and O–H groups in total. The Morgan fingerprint density at radius 3 is 0.672 bits per heavy atom. The van der Waals surface area contributed by atoms with Crippen molar-refractivity contribution in [2.45, 2.75) is 164 Å². The molecule has 8 bridgehead atoms. The number of fused-ring (bicyclic) bond motifs is 8. The third-order valence-corrected chi connectivity index (χ3v) is 26.0. The molecule has 3 aromatic heterocycles. The standard InChI is InChI=1S/C104H106N8O4/c1-53-35-57(5)87(58(6)36-53)65-43-66(88-59(7)37-54(2)38-60(88)8)46-69(45-65)91-79-27-31-83(105-79)95(93-75(109-97(113)71-49-101(71,13)14)23-21-24-76(93)110-98(114)72-50-102(72,15)16)85-33-29-81(107-85)92(70-47-67(89-61(9)39-55(3)40-62(89)10)44-68(48-70)90-63(11)41-56(4)42-64(90)12)82-30-34-86(108-82)96(84-32-28-80(91)106-84)94-77(111-99(115)73-51-103(73,17)18)25-22-26-78(94)112-100(116)74-52-104(74,19)20/h21-48,71-74,105,108H,49-52H2,1-20H3,(H,109,113)(H,110,114)(H,111,115)(H,112,116). The maximum Gasteiger partial charge on any atom is 0.228 e. The van der Waals surface area contributed by atoms with Gasteiger partial charge < -0.3 is 31.2 Å². The molecule has 2 aliphatic heterocycles. The molecule has 586 valence electrons. The molecule has 6 aliphatic rings. The van der Waals surface area contributed by atoms with E-state index in [1.807, 2.05) is 36.4 Å². The zero-order valence-corrected chi connectivity index (χ0v) is 70.8. The first-order valence-electron chi connectivity index (χ1n) is 41.3. The van der Waals surface area contributed by atoms with Gasteiger partial charge in [-0.3, -0.25) is 19.2 Å². The predicted octanol–water partition coefficient (Wildman–Crippen LogP) is 25.6. The Kier molecular flexibility index (Phi) is 18.6. The van der Waals surface area contributed by atoms with E-state index in [1.165, 1.54) is 22.3 Å². The topological polar surface area (TPSA) is 174 Å². The zero-order chi connectivity index (χ0) is 82.0. The van der Waals surface area contributed by atoms with Gasteiger partial charge >= 0.3 is 0 Å². The summed E-state index contributed by atoms with van der Waals surface area (Å²) < 4.78 is 0. The Morgan fingerprint density at radius 2 is 0.466 bits per heavy atom. The number of hydrogen-bond donors (Lipinski definition) is 6. The van der Waals surface area contributed by atoms with Crippen LogP contribution in [0.4, 0.5) is 22.7 Å². The van der Waals surface area contributed by atoms with Gasteiger partial charge in [-0.1, -0.05) is 138 Å². The molecule has 12 heteroatoms. The van der Waals surface area contributed by atoms with Crippen LogP contribution in [0.1, 0.15) is 171 Å². The summed E-state index contributed by atoms with van der Waals surface area (Å²) in [6, 6.07) is 52.1. The van der Waals surface area contributed by atoms with Gasteiger partial charge in [0.25, 0.3) is 0 Å². The second kappa shape index (κ2) is 28.0. The molecule has 4 aliphatic carbocycles. The maximum atomic E-state index is 15.0. The highest BCUT2D eigenvalue weighted by Crippen LogP contribution is 2.57. The van der Waals surface area contributed by atoms with Gasteiger partial charge in [-0.05, 0) is 340 Å². The molecule has 8 aromatic carbocycles. The van der Waals surface area contributed by atoms with Gasteiger partial charge in [-0.25, -0.2) is 9.97 Å². The van der Waals surface area contributed by atoms with Gasteiger partial charge in [0.2, 0.25) is 23.6 Å². The number of carbonyl (C=O) groups is 4. The van der Waals surface area contributed by atoms with Gasteiger partial charge in [0, 0.05) is 79.1 Å². The summed E-state index contributed by atoms with van der Waals surface area (Å²) in [6.45, 7) is 43.3. The van der Waals surface area contributed by atoms with Gasteiger partial charge in [0.1, 0.15) is 0 Å². The average Bonchev–Trinajstić information content (AvgIpc) is 1.54. The minimum Gasteiger partial charge on any atom is -0.354 e. The van der Waals surface area contributed by atoms with E-state index in [0.29, 0.717) is 78.8 Å². The molecule has 0 radical (unpaired) electrons. The number of aromatic amines is 2. The minimum atomic E-state index is -0.229. The second-order valence-electron chi connectivity index (χ2n) is 37.6. The summed E-state index contributed by atoms with van der Waals surface area (Å²) in [4.78, 5) is 80.2. The summed E-state index contributed by atoms with van der Waals surface area (Å²) in [7, 11) is 0. The first-order valence-corrected chi connectivity index (χ1v) is 41.3. The monoisotopic (exact) mass is 1530 g/mol. The van der Waals surface area contributed by atoms with E-state index in [-0.39, 0.29) is 69.0 Å². The van der Waals surface area contributed by atoms with E-state index in [9.17, 15) is 19.2 Å². The van der Waals surface area contributed by atoms with Crippen LogP contribution < -0.4 is 21.3 Å². The summed E-state index contributed by atoms with van der Waals surface area (Å²) >= 11 is 0. The van der Waals surface area contributed by atoms with E-state index >= 15 is 0 Å². The lowest BCUT2D eigenvalue weighted by atomic mass is 9.86. The van der Waals surface area contributed by atoms with Crippen LogP contribution in [0.2, 0.25) is 0 Å². The van der Waals surface area contributed by atoms with Crippen molar-refractivity contribution in [1.29, 1.82) is 0 Å². The highest BCUT2D eigenvalue weighted by molar-refractivity contribution is 6.13. The summed E-state index contributed by atoms with van der Waals surface area (Å²) in [5, 5.41) is 13.9. The lowest BCUT2D eigenvalue weighted by Crippen LogP contribution is -2.19. The van der Waals surface area contributed by atoms with Gasteiger partial charge in [0.05, 0.1) is 45.5 Å². The molecule has 4 fully saturated rings. The molecule has 12 nitrogen and oxygen atoms in total. The van der Waals surface area contributed by atoms with E-state index in [4.69, 9.17) is 9.97 Å². The van der Waals surface area contributed by atoms with Crippen molar-refractivity contribution in [3.63, 3.8) is 0 Å². The maximum absolute atomic E-state index is 15.0. The van der Waals surface area contributed by atoms with E-state index in [0.717, 1.165) is 148 Å². The number of H-pyrrole nitrogens is 2. The number of amides is 4. The van der Waals surface area contributed by atoms with Crippen molar-refractivity contribution >= 4 is 92.7 Å². The fourth-order valence-corrected chi connectivity index (χ4v) is 19.6. The van der Waals surface area contributed by atoms with Crippen LogP contribution in [0.25, 0.3) is 135 Å². The van der Waals surface area contributed by atoms with Crippen LogP contribution in [-0.2, 0) is 19.2 Å². The number of carbonyl (C=O) groups excluding carboxylic acids is 4. The average molecular weight is 1530 g/mol. The van der Waals surface area contributed by atoms with Crippen molar-refractivity contribution in [1.82, 2.24) is 19.9 Å². The number of nitrogens with one attached hydrogen (secondary N) is 6. The summed E-state index contributed by atoms with van der Waals surface area (Å²) in [5.74, 6) is -1.29. The number of anilines is 4. The number of benzene rings is 8. The SMILES string of the molecule is Cc1cc(C)c(-c2cc(-c3c(C)cc(C)cc3C)cc(-c3c4nc(c(-c5c(NC(=O)C6CC6(C)C)cccc5NC(=O)C5CC5(C)C)c5ccc([nH]5)c(-c5cc(-c6c(C)cc(C)cc6C)cc(-c6c(C)cc(C)cc6C)c5)c5nc(c(-c6c(NC(=O)C7CC7(C)C)cccc6NC(=O)C6CC6(C)C)c6ccc3[nH]6)C=C5)C=C4)c2)c(C)c1. The molecule has 4 saturated carbocycles. The molecule has 4 atom stereocenters. The number of aryl methyl sites for hydroxylation is 12. The molecular formula is C104H106N8O4. The highest BCUT2D eigenvalue weighted by atomic mass is 16.2. The Hall–Kier alpha value is -11.8. The van der Waals surface area contributed by atoms with E-state index in [2.05, 4.69) is 303 Å². The molecule has 0 saturated heterocycles. The Labute approximate surface area is 682 Å². The molecule has 116 heavy (non-hydrogen) atoms. The van der Waals surface area contributed by atoms with Gasteiger partial charge in [-0.2, -0.15) is 0 Å². The first kappa shape index (κ1) is 76.8. The first-order chi connectivity index (χ1) is 55.0. The highest BCUT2D eigenvalue weighted by Gasteiger charge is 2.54. The van der Waals surface area contributed by atoms with Crippen LogP contribution in [0.3, 0.4) is 0 Å². The van der Waals surface area contributed by atoms with Crippen LogP contribution >= 0.6 is 0 Å².